The molecule has 2 atom stereocenters. The maximum atomic E-state index is 12.5. The van der Waals surface area contributed by atoms with E-state index in [1.54, 1.807) is 11.9 Å². The first kappa shape index (κ1) is 19.0. The van der Waals surface area contributed by atoms with Crippen molar-refractivity contribution < 1.29 is 14.3 Å². The van der Waals surface area contributed by atoms with E-state index >= 15 is 0 Å². The van der Waals surface area contributed by atoms with Crippen LogP contribution in [-0.4, -0.2) is 55.2 Å². The van der Waals surface area contributed by atoms with Gasteiger partial charge in [0, 0.05) is 36.6 Å². The lowest BCUT2D eigenvalue weighted by molar-refractivity contribution is -0.119. The second kappa shape index (κ2) is 7.10. The maximum absolute atomic E-state index is 12.5. The number of nitrogens with zero attached hydrogens (tertiary/aromatic N) is 2. The predicted molar refractivity (Wildman–Crippen MR) is 105 cm³/mol. The minimum atomic E-state index is -0.504. The van der Waals surface area contributed by atoms with Crippen molar-refractivity contribution in [2.75, 3.05) is 31.6 Å². The summed E-state index contributed by atoms with van der Waals surface area (Å²) in [5, 5.41) is 2.71. The minimum Gasteiger partial charge on any atom is -0.444 e. The molecule has 26 heavy (non-hydrogen) atoms. The summed E-state index contributed by atoms with van der Waals surface area (Å²) < 4.78 is 6.53. The number of hydrogen-bond acceptors (Lipinski definition) is 4. The monoisotopic (exact) mass is 423 g/mol. The van der Waals surface area contributed by atoms with Gasteiger partial charge in [0.15, 0.2) is 0 Å². The Hall–Kier alpha value is -1.76. The van der Waals surface area contributed by atoms with Gasteiger partial charge in [-0.05, 0) is 54.8 Å². The first-order valence-corrected chi connectivity index (χ1v) is 9.74. The van der Waals surface area contributed by atoms with Crippen LogP contribution in [0.3, 0.4) is 0 Å². The number of anilines is 1. The third-order valence-corrected chi connectivity index (χ3v) is 5.57. The Bertz CT molecular complexity index is 716. The summed E-state index contributed by atoms with van der Waals surface area (Å²) in [4.78, 5) is 28.5. The Labute approximate surface area is 163 Å². The Morgan fingerprint density at radius 1 is 1.35 bits per heavy atom. The van der Waals surface area contributed by atoms with Crippen LogP contribution >= 0.6 is 15.9 Å². The first-order valence-electron chi connectivity index (χ1n) is 8.95. The molecule has 1 saturated heterocycles. The fourth-order valence-corrected chi connectivity index (χ4v) is 4.45. The fourth-order valence-electron chi connectivity index (χ4n) is 3.84. The number of halogens is 1. The van der Waals surface area contributed by atoms with Gasteiger partial charge in [0.2, 0.25) is 5.91 Å². The topological polar surface area (TPSA) is 61.9 Å². The molecule has 7 heteroatoms. The molecule has 1 fully saturated rings. The van der Waals surface area contributed by atoms with Crippen LogP contribution in [0.25, 0.3) is 0 Å². The minimum absolute atomic E-state index is 0.0121. The molecular weight excluding hydrogens is 398 g/mol. The molecule has 2 aliphatic rings. The number of likely N-dealkylation sites (N-methyl/N-ethyl adjacent to an activating group) is 1. The molecule has 0 unspecified atom stereocenters. The molecule has 6 nitrogen and oxygen atoms in total. The third kappa shape index (κ3) is 3.68. The number of para-hydroxylation sites is 1. The molecule has 1 aromatic rings. The molecule has 0 radical (unpaired) electrons. The molecule has 1 aromatic carbocycles. The van der Waals surface area contributed by atoms with Crippen molar-refractivity contribution in [2.45, 2.75) is 44.8 Å². The van der Waals surface area contributed by atoms with Crippen LogP contribution in [0.1, 0.15) is 38.7 Å². The number of ether oxygens (including phenoxy) is 1. The molecule has 2 aliphatic heterocycles. The molecule has 2 heterocycles. The van der Waals surface area contributed by atoms with E-state index in [9.17, 15) is 9.59 Å². The quantitative estimate of drug-likeness (QED) is 0.793. The van der Waals surface area contributed by atoms with Crippen molar-refractivity contribution in [3.8, 4) is 0 Å². The summed E-state index contributed by atoms with van der Waals surface area (Å²) in [5.74, 6) is 0.162. The van der Waals surface area contributed by atoms with Crippen molar-refractivity contribution >= 4 is 33.6 Å². The Morgan fingerprint density at radius 3 is 2.73 bits per heavy atom. The summed E-state index contributed by atoms with van der Waals surface area (Å²) >= 11 is 3.64. The molecule has 3 rings (SSSR count). The summed E-state index contributed by atoms with van der Waals surface area (Å²) in [6, 6.07) is 6.31. The van der Waals surface area contributed by atoms with Gasteiger partial charge in [-0.3, -0.25) is 4.79 Å². The molecular formula is C19H26BrN3O3. The van der Waals surface area contributed by atoms with Crippen LogP contribution in [0.5, 0.6) is 0 Å². The average Bonchev–Trinajstić information content (AvgIpc) is 2.88. The molecule has 0 aliphatic carbocycles. The number of piperidine rings is 1. The van der Waals surface area contributed by atoms with E-state index in [1.807, 2.05) is 32.9 Å². The van der Waals surface area contributed by atoms with Crippen LogP contribution < -0.4 is 10.2 Å². The second-order valence-electron chi connectivity index (χ2n) is 7.87. The van der Waals surface area contributed by atoms with Gasteiger partial charge in [0.05, 0.1) is 12.2 Å². The number of carbonyl (C=O) groups is 2. The highest BCUT2D eigenvalue weighted by molar-refractivity contribution is 9.10. The maximum Gasteiger partial charge on any atom is 0.410 e. The summed E-state index contributed by atoms with van der Waals surface area (Å²) in [6.07, 6.45) is 0.541. The van der Waals surface area contributed by atoms with Gasteiger partial charge in [-0.15, -0.1) is 0 Å². The van der Waals surface area contributed by atoms with Gasteiger partial charge >= 0.3 is 6.09 Å². The molecule has 2 amide bonds. The smallest absolute Gasteiger partial charge is 0.410 e. The molecule has 1 N–H and O–H groups in total. The van der Waals surface area contributed by atoms with Crippen LogP contribution in [0.2, 0.25) is 0 Å². The van der Waals surface area contributed by atoms with Gasteiger partial charge in [0.25, 0.3) is 0 Å². The van der Waals surface area contributed by atoms with E-state index in [4.69, 9.17) is 4.74 Å². The number of rotatable bonds is 2. The fraction of sp³-hybridized carbons (Fsp3) is 0.579. The lowest BCUT2D eigenvalue weighted by Crippen LogP contribution is -2.50. The zero-order valence-electron chi connectivity index (χ0n) is 15.7. The molecule has 0 aromatic heterocycles. The lowest BCUT2D eigenvalue weighted by Gasteiger charge is -2.39. The lowest BCUT2D eigenvalue weighted by atomic mass is 9.89. The van der Waals surface area contributed by atoms with Crippen molar-refractivity contribution in [3.05, 3.63) is 28.2 Å². The molecule has 0 saturated carbocycles. The van der Waals surface area contributed by atoms with E-state index in [0.29, 0.717) is 19.6 Å². The predicted octanol–water partition coefficient (Wildman–Crippen LogP) is 3.11. The molecule has 0 bridgehead atoms. The van der Waals surface area contributed by atoms with Gasteiger partial charge in [-0.2, -0.15) is 0 Å². The van der Waals surface area contributed by atoms with Crippen LogP contribution in [0, 0.1) is 0 Å². The normalized spacial score (nSPS) is 21.9. The SMILES string of the molecule is CNC(=O)CN1c2c(Br)cccc2[C@@H]2CN(C(=O)OC(C)(C)C)CC[C@@H]21. The van der Waals surface area contributed by atoms with Gasteiger partial charge in [-0.25, -0.2) is 4.79 Å². The highest BCUT2D eigenvalue weighted by atomic mass is 79.9. The Morgan fingerprint density at radius 2 is 2.08 bits per heavy atom. The molecule has 142 valence electrons. The van der Waals surface area contributed by atoms with Gasteiger partial charge < -0.3 is 19.9 Å². The van der Waals surface area contributed by atoms with E-state index in [1.165, 1.54) is 5.56 Å². The highest BCUT2D eigenvalue weighted by Crippen LogP contribution is 2.47. The first-order chi connectivity index (χ1) is 12.2. The van der Waals surface area contributed by atoms with Gasteiger partial charge in [-0.1, -0.05) is 12.1 Å². The van der Waals surface area contributed by atoms with Crippen molar-refractivity contribution in [3.63, 3.8) is 0 Å². The van der Waals surface area contributed by atoms with Crippen LogP contribution in [-0.2, 0) is 9.53 Å². The number of nitrogens with one attached hydrogen (secondary N) is 1. The Kier molecular flexibility index (Phi) is 5.19. The van der Waals surface area contributed by atoms with Crippen molar-refractivity contribution in [1.29, 1.82) is 0 Å². The van der Waals surface area contributed by atoms with E-state index in [2.05, 4.69) is 32.2 Å². The van der Waals surface area contributed by atoms with Crippen LogP contribution in [0.15, 0.2) is 22.7 Å². The van der Waals surface area contributed by atoms with Crippen molar-refractivity contribution in [1.82, 2.24) is 10.2 Å². The largest absolute Gasteiger partial charge is 0.444 e. The van der Waals surface area contributed by atoms with Crippen LogP contribution in [0.4, 0.5) is 10.5 Å². The van der Waals surface area contributed by atoms with Gasteiger partial charge in [0.1, 0.15) is 5.60 Å². The van der Waals surface area contributed by atoms with E-state index < -0.39 is 5.60 Å². The molecule has 0 spiro atoms. The van der Waals surface area contributed by atoms with E-state index in [0.717, 1.165) is 16.6 Å². The number of benzene rings is 1. The zero-order chi connectivity index (χ0) is 19.1. The number of likely N-dealkylation sites (tertiary alicyclic amines) is 1. The third-order valence-electron chi connectivity index (χ3n) is 4.93. The van der Waals surface area contributed by atoms with Crippen molar-refractivity contribution in [2.24, 2.45) is 0 Å². The number of hydrogen-bond donors (Lipinski definition) is 1. The highest BCUT2D eigenvalue weighted by Gasteiger charge is 2.44. The number of amides is 2. The Balaban J connectivity index is 1.86. The number of fused-ring (bicyclic) bond motifs is 3. The zero-order valence-corrected chi connectivity index (χ0v) is 17.3. The average molecular weight is 424 g/mol. The second-order valence-corrected chi connectivity index (χ2v) is 8.72. The summed E-state index contributed by atoms with van der Waals surface area (Å²) in [6.45, 7) is 7.19. The number of carbonyl (C=O) groups excluding carboxylic acids is 2. The summed E-state index contributed by atoms with van der Waals surface area (Å²) in [5.41, 5.74) is 1.74. The van der Waals surface area contributed by atoms with E-state index in [-0.39, 0.29) is 24.0 Å². The summed E-state index contributed by atoms with van der Waals surface area (Å²) in [7, 11) is 1.65. The standard InChI is InChI=1S/C19H26BrN3O3/c1-19(2,3)26-18(25)22-9-8-15-13(10-22)12-6-5-7-14(20)17(12)23(15)11-16(24)21-4/h5-7,13,15H,8-11H2,1-4H3,(H,21,24)/t13-,15-/m0/s1.